The van der Waals surface area contributed by atoms with Crippen LogP contribution in [0.15, 0.2) is 26.9 Å². The van der Waals surface area contributed by atoms with Crippen molar-refractivity contribution in [3.63, 3.8) is 0 Å². The van der Waals surface area contributed by atoms with Crippen LogP contribution in [-0.4, -0.2) is 16.6 Å². The standard InChI is InChI=1S/C17H21BrN2OS2/c1-10(2)17-20-13(8-23-17)7-19-16(21)9-22-15-6-11(3)14(18)5-12(15)4/h5-6,8,10H,7,9H2,1-4H3,(H,19,21). The smallest absolute Gasteiger partial charge is 0.230 e. The van der Waals surface area contributed by atoms with Crippen LogP contribution in [0, 0.1) is 13.8 Å². The zero-order chi connectivity index (χ0) is 17.0. The van der Waals surface area contributed by atoms with Crippen LogP contribution in [-0.2, 0) is 11.3 Å². The predicted octanol–water partition coefficient (Wildman–Crippen LogP) is 5.05. The number of aryl methyl sites for hydroxylation is 2. The highest BCUT2D eigenvalue weighted by Gasteiger charge is 2.09. The average Bonchev–Trinajstić information content (AvgIpc) is 2.96. The van der Waals surface area contributed by atoms with Crippen LogP contribution in [0.1, 0.15) is 41.6 Å². The zero-order valence-corrected chi connectivity index (χ0v) is 17.0. The fourth-order valence-corrected chi connectivity index (χ4v) is 4.19. The van der Waals surface area contributed by atoms with Gasteiger partial charge in [0.1, 0.15) is 0 Å². The summed E-state index contributed by atoms with van der Waals surface area (Å²) in [5, 5.41) is 6.08. The molecule has 2 rings (SSSR count). The van der Waals surface area contributed by atoms with Crippen molar-refractivity contribution in [3.05, 3.63) is 43.8 Å². The molecule has 0 aliphatic carbocycles. The van der Waals surface area contributed by atoms with Gasteiger partial charge in [-0.25, -0.2) is 4.98 Å². The number of nitrogens with zero attached hydrogens (tertiary/aromatic N) is 1. The second-order valence-electron chi connectivity index (χ2n) is 5.76. The second kappa shape index (κ2) is 8.31. The molecule has 124 valence electrons. The van der Waals surface area contributed by atoms with E-state index in [4.69, 9.17) is 0 Å². The summed E-state index contributed by atoms with van der Waals surface area (Å²) in [6.45, 7) is 8.87. The number of rotatable bonds is 6. The molecule has 3 nitrogen and oxygen atoms in total. The molecule has 23 heavy (non-hydrogen) atoms. The van der Waals surface area contributed by atoms with Crippen LogP contribution in [0.2, 0.25) is 0 Å². The predicted molar refractivity (Wildman–Crippen MR) is 102 cm³/mol. The van der Waals surface area contributed by atoms with Crippen molar-refractivity contribution in [2.24, 2.45) is 0 Å². The first-order chi connectivity index (χ1) is 10.9. The van der Waals surface area contributed by atoms with E-state index >= 15 is 0 Å². The van der Waals surface area contributed by atoms with Crippen LogP contribution < -0.4 is 5.32 Å². The molecule has 1 aromatic heterocycles. The van der Waals surface area contributed by atoms with E-state index in [9.17, 15) is 4.79 Å². The lowest BCUT2D eigenvalue weighted by Gasteiger charge is -2.09. The Hall–Kier alpha value is -0.850. The van der Waals surface area contributed by atoms with E-state index in [1.807, 2.05) is 5.38 Å². The molecule has 0 atom stereocenters. The summed E-state index contributed by atoms with van der Waals surface area (Å²) in [6, 6.07) is 4.21. The van der Waals surface area contributed by atoms with Crippen molar-refractivity contribution in [3.8, 4) is 0 Å². The molecular weight excluding hydrogens is 392 g/mol. The van der Waals surface area contributed by atoms with E-state index in [1.54, 1.807) is 23.1 Å². The largest absolute Gasteiger partial charge is 0.350 e. The van der Waals surface area contributed by atoms with Gasteiger partial charge in [0.05, 0.1) is 23.0 Å². The molecule has 1 N–H and O–H groups in total. The fraction of sp³-hybridized carbons (Fsp3) is 0.412. The number of nitrogens with one attached hydrogen (secondary N) is 1. The molecule has 0 aliphatic heterocycles. The minimum absolute atomic E-state index is 0.0362. The van der Waals surface area contributed by atoms with E-state index in [0.717, 1.165) is 20.1 Å². The third-order valence-electron chi connectivity index (χ3n) is 3.35. The SMILES string of the molecule is Cc1cc(SCC(=O)NCc2csc(C(C)C)n2)c(C)cc1Br. The second-order valence-corrected chi connectivity index (χ2v) is 8.53. The van der Waals surface area contributed by atoms with Crippen molar-refractivity contribution in [1.82, 2.24) is 10.3 Å². The highest BCUT2D eigenvalue weighted by atomic mass is 79.9. The molecule has 0 bridgehead atoms. The topological polar surface area (TPSA) is 42.0 Å². The third kappa shape index (κ3) is 5.33. The normalized spacial score (nSPS) is 11.0. The van der Waals surface area contributed by atoms with Gasteiger partial charge in [0.15, 0.2) is 0 Å². The van der Waals surface area contributed by atoms with Crippen LogP contribution in [0.5, 0.6) is 0 Å². The van der Waals surface area contributed by atoms with Gasteiger partial charge in [0.2, 0.25) is 5.91 Å². The number of aromatic nitrogens is 1. The summed E-state index contributed by atoms with van der Waals surface area (Å²) in [4.78, 5) is 17.7. The Bertz CT molecular complexity index is 698. The fourth-order valence-electron chi connectivity index (χ4n) is 1.96. The number of carbonyl (C=O) groups excluding carboxylic acids is 1. The highest BCUT2D eigenvalue weighted by Crippen LogP contribution is 2.28. The van der Waals surface area contributed by atoms with E-state index in [2.05, 4.69) is 66.1 Å². The molecule has 0 spiro atoms. The van der Waals surface area contributed by atoms with E-state index < -0.39 is 0 Å². The molecule has 2 aromatic rings. The Labute approximate surface area is 154 Å². The number of hydrogen-bond donors (Lipinski definition) is 1. The zero-order valence-electron chi connectivity index (χ0n) is 13.8. The Morgan fingerprint density at radius 3 is 2.74 bits per heavy atom. The molecule has 0 fully saturated rings. The first-order valence-electron chi connectivity index (χ1n) is 7.47. The van der Waals surface area contributed by atoms with Gasteiger partial charge >= 0.3 is 0 Å². The minimum Gasteiger partial charge on any atom is -0.350 e. The molecule has 0 saturated heterocycles. The number of halogens is 1. The lowest BCUT2D eigenvalue weighted by atomic mass is 10.2. The number of thiazole rings is 1. The van der Waals surface area contributed by atoms with Gasteiger partial charge in [-0.15, -0.1) is 23.1 Å². The number of benzene rings is 1. The van der Waals surface area contributed by atoms with Gasteiger partial charge in [-0.1, -0.05) is 29.8 Å². The molecule has 1 heterocycles. The van der Waals surface area contributed by atoms with Gasteiger partial charge in [-0.3, -0.25) is 4.79 Å². The Balaban J connectivity index is 1.84. The highest BCUT2D eigenvalue weighted by molar-refractivity contribution is 9.10. The summed E-state index contributed by atoms with van der Waals surface area (Å²) < 4.78 is 1.10. The maximum atomic E-state index is 12.0. The Morgan fingerprint density at radius 1 is 1.35 bits per heavy atom. The number of hydrogen-bond acceptors (Lipinski definition) is 4. The summed E-state index contributed by atoms with van der Waals surface area (Å²) in [5.74, 6) is 0.890. The minimum atomic E-state index is 0.0362. The van der Waals surface area contributed by atoms with Crippen LogP contribution >= 0.6 is 39.0 Å². The van der Waals surface area contributed by atoms with Crippen molar-refractivity contribution < 1.29 is 4.79 Å². The first-order valence-corrected chi connectivity index (χ1v) is 10.1. The van der Waals surface area contributed by atoms with E-state index in [1.165, 1.54) is 11.1 Å². The van der Waals surface area contributed by atoms with Gasteiger partial charge in [-0.2, -0.15) is 0 Å². The summed E-state index contributed by atoms with van der Waals surface area (Å²) in [6.07, 6.45) is 0. The Kier molecular flexibility index (Phi) is 6.68. The van der Waals surface area contributed by atoms with Crippen molar-refractivity contribution in [1.29, 1.82) is 0 Å². The van der Waals surface area contributed by atoms with E-state index in [-0.39, 0.29) is 5.91 Å². The van der Waals surface area contributed by atoms with Crippen molar-refractivity contribution >= 4 is 44.9 Å². The number of amides is 1. The summed E-state index contributed by atoms with van der Waals surface area (Å²) >= 11 is 6.75. The van der Waals surface area contributed by atoms with Gasteiger partial charge in [-0.05, 0) is 37.1 Å². The van der Waals surface area contributed by atoms with Crippen LogP contribution in [0.3, 0.4) is 0 Å². The first kappa shape index (κ1) is 18.5. The van der Waals surface area contributed by atoms with Gasteiger partial charge in [0.25, 0.3) is 0 Å². The van der Waals surface area contributed by atoms with Gasteiger partial charge < -0.3 is 5.32 Å². The monoisotopic (exact) mass is 412 g/mol. The maximum Gasteiger partial charge on any atom is 0.230 e. The van der Waals surface area contributed by atoms with Crippen LogP contribution in [0.4, 0.5) is 0 Å². The van der Waals surface area contributed by atoms with Crippen molar-refractivity contribution in [2.45, 2.75) is 45.1 Å². The third-order valence-corrected chi connectivity index (χ3v) is 6.55. The lowest BCUT2D eigenvalue weighted by molar-refractivity contribution is -0.118. The molecule has 6 heteroatoms. The molecular formula is C17H21BrN2OS2. The molecule has 0 saturated carbocycles. The van der Waals surface area contributed by atoms with E-state index in [0.29, 0.717) is 18.2 Å². The maximum absolute atomic E-state index is 12.0. The lowest BCUT2D eigenvalue weighted by Crippen LogP contribution is -2.24. The Morgan fingerprint density at radius 2 is 2.09 bits per heavy atom. The van der Waals surface area contributed by atoms with Gasteiger partial charge in [0, 0.05) is 20.7 Å². The molecule has 1 aromatic carbocycles. The quantitative estimate of drug-likeness (QED) is 0.674. The summed E-state index contributed by atoms with van der Waals surface area (Å²) in [5.41, 5.74) is 3.30. The number of carbonyl (C=O) groups is 1. The summed E-state index contributed by atoms with van der Waals surface area (Å²) in [7, 11) is 0. The molecule has 1 amide bonds. The number of thioether (sulfide) groups is 1. The molecule has 0 radical (unpaired) electrons. The molecule has 0 unspecified atom stereocenters. The van der Waals surface area contributed by atoms with Crippen molar-refractivity contribution in [2.75, 3.05) is 5.75 Å². The molecule has 0 aliphatic rings. The van der Waals surface area contributed by atoms with Crippen LogP contribution in [0.25, 0.3) is 0 Å². The average molecular weight is 413 g/mol.